The molecule has 1 aliphatic heterocycles. The van der Waals surface area contributed by atoms with E-state index in [-0.39, 0.29) is 11.7 Å². The van der Waals surface area contributed by atoms with Crippen LogP contribution in [0.1, 0.15) is 33.6 Å². The SMILES string of the molecule is C[C@@H](O)CNC1CCOC(C)(C)C1. The molecule has 3 heteroatoms. The molecule has 1 fully saturated rings. The standard InChI is InChI=1S/C10H21NO2/c1-8(12)7-11-9-4-5-13-10(2,3)6-9/h8-9,11-12H,4-7H2,1-3H3/t8-,9?/m1/s1. The molecule has 1 saturated heterocycles. The predicted octanol–water partition coefficient (Wildman–Crippen LogP) is 0.914. The van der Waals surface area contributed by atoms with Gasteiger partial charge in [0.1, 0.15) is 0 Å². The topological polar surface area (TPSA) is 41.5 Å². The van der Waals surface area contributed by atoms with E-state index in [1.807, 2.05) is 0 Å². The van der Waals surface area contributed by atoms with Crippen molar-refractivity contribution in [1.82, 2.24) is 5.32 Å². The van der Waals surface area contributed by atoms with Gasteiger partial charge in [-0.1, -0.05) is 0 Å². The first-order valence-corrected chi connectivity index (χ1v) is 5.05. The van der Waals surface area contributed by atoms with E-state index in [0.29, 0.717) is 12.6 Å². The van der Waals surface area contributed by atoms with Gasteiger partial charge in [-0.05, 0) is 33.6 Å². The van der Waals surface area contributed by atoms with Crippen LogP contribution in [-0.2, 0) is 4.74 Å². The summed E-state index contributed by atoms with van der Waals surface area (Å²) in [6.45, 7) is 7.54. The van der Waals surface area contributed by atoms with Gasteiger partial charge in [-0.25, -0.2) is 0 Å². The normalized spacial score (nSPS) is 30.0. The molecule has 2 atom stereocenters. The molecule has 1 rings (SSSR count). The van der Waals surface area contributed by atoms with Gasteiger partial charge in [-0.3, -0.25) is 0 Å². The lowest BCUT2D eigenvalue weighted by molar-refractivity contribution is -0.0637. The van der Waals surface area contributed by atoms with Crippen molar-refractivity contribution in [2.75, 3.05) is 13.2 Å². The van der Waals surface area contributed by atoms with Gasteiger partial charge >= 0.3 is 0 Å². The molecule has 0 spiro atoms. The highest BCUT2D eigenvalue weighted by atomic mass is 16.5. The number of hydrogen-bond donors (Lipinski definition) is 2. The van der Waals surface area contributed by atoms with E-state index >= 15 is 0 Å². The Bertz CT molecular complexity index is 157. The highest BCUT2D eigenvalue weighted by molar-refractivity contribution is 4.83. The molecule has 1 unspecified atom stereocenters. The maximum atomic E-state index is 9.12. The highest BCUT2D eigenvalue weighted by Gasteiger charge is 2.28. The molecule has 0 aliphatic carbocycles. The van der Waals surface area contributed by atoms with E-state index in [9.17, 15) is 0 Å². The summed E-state index contributed by atoms with van der Waals surface area (Å²) in [4.78, 5) is 0. The van der Waals surface area contributed by atoms with Gasteiger partial charge in [0, 0.05) is 19.2 Å². The Morgan fingerprint density at radius 1 is 1.62 bits per heavy atom. The third-order valence-corrected chi connectivity index (χ3v) is 2.40. The number of aliphatic hydroxyl groups excluding tert-OH is 1. The van der Waals surface area contributed by atoms with Crippen LogP contribution in [0, 0.1) is 0 Å². The molecule has 0 radical (unpaired) electrons. The van der Waals surface area contributed by atoms with E-state index < -0.39 is 0 Å². The minimum absolute atomic E-state index is 0.00535. The Morgan fingerprint density at radius 2 is 2.31 bits per heavy atom. The van der Waals surface area contributed by atoms with Crippen molar-refractivity contribution >= 4 is 0 Å². The fourth-order valence-corrected chi connectivity index (χ4v) is 1.74. The summed E-state index contributed by atoms with van der Waals surface area (Å²) in [5, 5.41) is 12.5. The minimum atomic E-state index is -0.258. The Labute approximate surface area is 80.5 Å². The molecular weight excluding hydrogens is 166 g/mol. The fourth-order valence-electron chi connectivity index (χ4n) is 1.74. The molecule has 1 heterocycles. The Kier molecular flexibility index (Phi) is 3.71. The molecule has 0 saturated carbocycles. The first-order chi connectivity index (χ1) is 5.99. The summed E-state index contributed by atoms with van der Waals surface area (Å²) in [7, 11) is 0. The van der Waals surface area contributed by atoms with Gasteiger partial charge < -0.3 is 15.2 Å². The summed E-state index contributed by atoms with van der Waals surface area (Å²) in [6.07, 6.45) is 1.82. The second-order valence-corrected chi connectivity index (χ2v) is 4.56. The molecule has 0 bridgehead atoms. The van der Waals surface area contributed by atoms with E-state index in [1.54, 1.807) is 6.92 Å². The van der Waals surface area contributed by atoms with Gasteiger partial charge in [0.2, 0.25) is 0 Å². The summed E-state index contributed by atoms with van der Waals surface area (Å²) in [6, 6.07) is 0.498. The lowest BCUT2D eigenvalue weighted by Gasteiger charge is -2.36. The average Bonchev–Trinajstić information content (AvgIpc) is 1.99. The van der Waals surface area contributed by atoms with Crippen LogP contribution >= 0.6 is 0 Å². The molecule has 78 valence electrons. The van der Waals surface area contributed by atoms with Crippen molar-refractivity contribution in [3.63, 3.8) is 0 Å². The third-order valence-electron chi connectivity index (χ3n) is 2.40. The lowest BCUT2D eigenvalue weighted by atomic mass is 9.94. The second-order valence-electron chi connectivity index (χ2n) is 4.56. The van der Waals surface area contributed by atoms with Crippen molar-refractivity contribution in [2.45, 2.75) is 51.4 Å². The lowest BCUT2D eigenvalue weighted by Crippen LogP contribution is -2.45. The Hall–Kier alpha value is -0.120. The molecule has 1 aliphatic rings. The smallest absolute Gasteiger partial charge is 0.0641 e. The molecule has 0 aromatic rings. The average molecular weight is 187 g/mol. The fraction of sp³-hybridized carbons (Fsp3) is 1.00. The Balaban J connectivity index is 2.26. The quantitative estimate of drug-likeness (QED) is 0.690. The summed E-state index contributed by atoms with van der Waals surface area (Å²) < 4.78 is 5.60. The zero-order valence-electron chi connectivity index (χ0n) is 8.84. The molecule has 0 aromatic carbocycles. The summed E-state index contributed by atoms with van der Waals surface area (Å²) >= 11 is 0. The highest BCUT2D eigenvalue weighted by Crippen LogP contribution is 2.23. The van der Waals surface area contributed by atoms with E-state index in [4.69, 9.17) is 9.84 Å². The van der Waals surface area contributed by atoms with Crippen molar-refractivity contribution in [2.24, 2.45) is 0 Å². The monoisotopic (exact) mass is 187 g/mol. The van der Waals surface area contributed by atoms with Crippen LogP contribution in [0.5, 0.6) is 0 Å². The van der Waals surface area contributed by atoms with Crippen molar-refractivity contribution in [3.8, 4) is 0 Å². The summed E-state index contributed by atoms with van der Waals surface area (Å²) in [5.41, 5.74) is -0.00535. The first-order valence-electron chi connectivity index (χ1n) is 5.05. The van der Waals surface area contributed by atoms with Crippen LogP contribution in [0.4, 0.5) is 0 Å². The van der Waals surface area contributed by atoms with E-state index in [0.717, 1.165) is 19.4 Å². The molecular formula is C10H21NO2. The second kappa shape index (κ2) is 4.40. The van der Waals surface area contributed by atoms with Gasteiger partial charge in [-0.15, -0.1) is 0 Å². The first kappa shape index (κ1) is 11.0. The van der Waals surface area contributed by atoms with Crippen LogP contribution in [0.2, 0.25) is 0 Å². The zero-order chi connectivity index (χ0) is 9.90. The Morgan fingerprint density at radius 3 is 2.85 bits per heavy atom. The number of ether oxygens (including phenoxy) is 1. The maximum Gasteiger partial charge on any atom is 0.0641 e. The van der Waals surface area contributed by atoms with Crippen LogP contribution in [0.25, 0.3) is 0 Å². The number of rotatable bonds is 3. The van der Waals surface area contributed by atoms with Crippen LogP contribution in [0.15, 0.2) is 0 Å². The van der Waals surface area contributed by atoms with Gasteiger partial charge in [0.15, 0.2) is 0 Å². The van der Waals surface area contributed by atoms with Crippen LogP contribution in [0.3, 0.4) is 0 Å². The van der Waals surface area contributed by atoms with Gasteiger partial charge in [0.05, 0.1) is 11.7 Å². The third kappa shape index (κ3) is 4.07. The van der Waals surface area contributed by atoms with E-state index in [1.165, 1.54) is 0 Å². The summed E-state index contributed by atoms with van der Waals surface area (Å²) in [5.74, 6) is 0. The maximum absolute atomic E-state index is 9.12. The van der Waals surface area contributed by atoms with Crippen LogP contribution < -0.4 is 5.32 Å². The van der Waals surface area contributed by atoms with E-state index in [2.05, 4.69) is 19.2 Å². The van der Waals surface area contributed by atoms with Crippen molar-refractivity contribution in [1.29, 1.82) is 0 Å². The number of hydrogen-bond acceptors (Lipinski definition) is 3. The minimum Gasteiger partial charge on any atom is -0.392 e. The predicted molar refractivity (Wildman–Crippen MR) is 52.7 cm³/mol. The van der Waals surface area contributed by atoms with Gasteiger partial charge in [0.25, 0.3) is 0 Å². The molecule has 3 nitrogen and oxygen atoms in total. The molecule has 2 N–H and O–H groups in total. The van der Waals surface area contributed by atoms with Gasteiger partial charge in [-0.2, -0.15) is 0 Å². The number of nitrogens with one attached hydrogen (secondary N) is 1. The van der Waals surface area contributed by atoms with Crippen LogP contribution in [-0.4, -0.2) is 36.0 Å². The van der Waals surface area contributed by atoms with Crippen molar-refractivity contribution < 1.29 is 9.84 Å². The molecule has 0 amide bonds. The molecule has 0 aromatic heterocycles. The number of aliphatic hydroxyl groups is 1. The zero-order valence-corrected chi connectivity index (χ0v) is 8.84. The van der Waals surface area contributed by atoms with Crippen molar-refractivity contribution in [3.05, 3.63) is 0 Å². The molecule has 13 heavy (non-hydrogen) atoms. The largest absolute Gasteiger partial charge is 0.392 e.